The number of benzene rings is 1. The van der Waals surface area contributed by atoms with Crippen molar-refractivity contribution >= 4 is 18.0 Å². The van der Waals surface area contributed by atoms with E-state index in [9.17, 15) is 9.59 Å². The zero-order chi connectivity index (χ0) is 17.1. The van der Waals surface area contributed by atoms with Gasteiger partial charge in [-0.2, -0.15) is 0 Å². The predicted octanol–water partition coefficient (Wildman–Crippen LogP) is 2.78. The summed E-state index contributed by atoms with van der Waals surface area (Å²) in [6.07, 6.45) is 1.68. The average Bonchev–Trinajstić information content (AvgIpc) is 2.78. The van der Waals surface area contributed by atoms with Crippen LogP contribution in [0.1, 0.15) is 26.3 Å². The minimum atomic E-state index is -0.514. The number of para-hydroxylation sites is 1. The first kappa shape index (κ1) is 16.8. The van der Waals surface area contributed by atoms with Gasteiger partial charge in [0.1, 0.15) is 5.75 Å². The molecule has 1 aromatic carbocycles. The summed E-state index contributed by atoms with van der Waals surface area (Å²) in [6.45, 7) is 5.57. The molecule has 0 unspecified atom stereocenters. The molecule has 2 rings (SSSR count). The second-order valence-corrected chi connectivity index (χ2v) is 5.52. The van der Waals surface area contributed by atoms with E-state index in [2.05, 4.69) is 0 Å². The van der Waals surface area contributed by atoms with Gasteiger partial charge >= 0.3 is 5.97 Å². The lowest BCUT2D eigenvalue weighted by Gasteiger charge is -2.22. The Balaban J connectivity index is 2.61. The van der Waals surface area contributed by atoms with E-state index in [1.54, 1.807) is 31.1 Å². The van der Waals surface area contributed by atoms with Gasteiger partial charge in [0.2, 0.25) is 0 Å². The number of hydrogen-bond acceptors (Lipinski definition) is 4. The normalized spacial score (nSPS) is 16.5. The molecule has 1 aliphatic rings. The fourth-order valence-corrected chi connectivity index (χ4v) is 2.76. The van der Waals surface area contributed by atoms with Crippen LogP contribution in [0.3, 0.4) is 0 Å². The van der Waals surface area contributed by atoms with Gasteiger partial charge in [0.15, 0.2) is 0 Å². The molecule has 0 N–H and O–H groups in total. The van der Waals surface area contributed by atoms with Crippen LogP contribution < -0.4 is 4.74 Å². The van der Waals surface area contributed by atoms with E-state index in [0.717, 1.165) is 5.56 Å². The molecule has 1 aromatic rings. The first-order chi connectivity index (χ1) is 10.9. The number of methoxy groups -OCH3 is 2. The lowest BCUT2D eigenvalue weighted by atomic mass is 10.0. The van der Waals surface area contributed by atoms with Gasteiger partial charge in [-0.25, -0.2) is 4.79 Å². The van der Waals surface area contributed by atoms with Crippen molar-refractivity contribution in [2.45, 2.75) is 26.8 Å². The molecular formula is C18H21NO4. The first-order valence-electron chi connectivity index (χ1n) is 7.40. The number of carbonyl (C=O) groups is 2. The molecule has 0 saturated carbocycles. The molecule has 0 saturated heterocycles. The highest BCUT2D eigenvalue weighted by molar-refractivity contribution is 6.16. The molecule has 0 atom stereocenters. The number of hydrogen-bond donors (Lipinski definition) is 0. The van der Waals surface area contributed by atoms with Crippen molar-refractivity contribution < 1.29 is 19.1 Å². The van der Waals surface area contributed by atoms with Crippen molar-refractivity contribution in [3.63, 3.8) is 0 Å². The summed E-state index contributed by atoms with van der Waals surface area (Å²) in [5.41, 5.74) is 1.97. The standard InChI is InChI=1S/C18H21NO4/c1-11(2)19-12(3)16(18(21)23-5)14(17(19)20)10-13-8-6-7-9-15(13)22-4/h6-11H,1-5H3/b14-10-. The molecule has 5 nitrogen and oxygen atoms in total. The zero-order valence-corrected chi connectivity index (χ0v) is 14.0. The van der Waals surface area contributed by atoms with E-state index >= 15 is 0 Å². The van der Waals surface area contributed by atoms with E-state index in [4.69, 9.17) is 9.47 Å². The Morgan fingerprint density at radius 1 is 1.22 bits per heavy atom. The topological polar surface area (TPSA) is 55.8 Å². The van der Waals surface area contributed by atoms with Crippen LogP contribution in [0.5, 0.6) is 5.75 Å². The minimum Gasteiger partial charge on any atom is -0.496 e. The van der Waals surface area contributed by atoms with Gasteiger partial charge in [0, 0.05) is 17.3 Å². The molecule has 1 heterocycles. The first-order valence-corrected chi connectivity index (χ1v) is 7.40. The van der Waals surface area contributed by atoms with Gasteiger partial charge in [-0.1, -0.05) is 18.2 Å². The maximum Gasteiger partial charge on any atom is 0.340 e. The average molecular weight is 315 g/mol. The SMILES string of the molecule is COC(=O)C1=C(C)N(C(C)C)C(=O)/C1=C\c1ccccc1OC. The molecule has 0 aliphatic carbocycles. The summed E-state index contributed by atoms with van der Waals surface area (Å²) >= 11 is 0. The van der Waals surface area contributed by atoms with Crippen LogP contribution in [0.25, 0.3) is 6.08 Å². The largest absolute Gasteiger partial charge is 0.496 e. The van der Waals surface area contributed by atoms with Crippen LogP contribution in [0.15, 0.2) is 41.1 Å². The quantitative estimate of drug-likeness (QED) is 0.633. The predicted molar refractivity (Wildman–Crippen MR) is 87.7 cm³/mol. The van der Waals surface area contributed by atoms with Crippen LogP contribution in [-0.2, 0) is 14.3 Å². The number of allylic oxidation sites excluding steroid dienone is 1. The van der Waals surface area contributed by atoms with E-state index in [1.807, 2.05) is 32.0 Å². The second kappa shape index (κ2) is 6.69. The number of nitrogens with zero attached hydrogens (tertiary/aromatic N) is 1. The maximum atomic E-state index is 12.8. The van der Waals surface area contributed by atoms with Crippen LogP contribution >= 0.6 is 0 Å². The van der Waals surface area contributed by atoms with Gasteiger partial charge < -0.3 is 14.4 Å². The van der Waals surface area contributed by atoms with Crippen molar-refractivity contribution in [1.29, 1.82) is 0 Å². The Morgan fingerprint density at radius 2 is 1.87 bits per heavy atom. The zero-order valence-electron chi connectivity index (χ0n) is 14.0. The number of rotatable bonds is 4. The van der Waals surface area contributed by atoms with E-state index in [1.165, 1.54) is 7.11 Å². The number of carbonyl (C=O) groups excluding carboxylic acids is 2. The molecule has 1 aliphatic heterocycles. The lowest BCUT2D eigenvalue weighted by Crippen LogP contribution is -2.31. The monoisotopic (exact) mass is 315 g/mol. The fourth-order valence-electron chi connectivity index (χ4n) is 2.76. The number of amides is 1. The maximum absolute atomic E-state index is 12.8. The smallest absolute Gasteiger partial charge is 0.340 e. The van der Waals surface area contributed by atoms with Crippen molar-refractivity contribution in [3.8, 4) is 5.75 Å². The summed E-state index contributed by atoms with van der Waals surface area (Å²) in [5, 5.41) is 0. The fraction of sp³-hybridized carbons (Fsp3) is 0.333. The van der Waals surface area contributed by atoms with Crippen molar-refractivity contribution in [2.24, 2.45) is 0 Å². The minimum absolute atomic E-state index is 0.0503. The van der Waals surface area contributed by atoms with Crippen molar-refractivity contribution in [3.05, 3.63) is 46.7 Å². The van der Waals surface area contributed by atoms with Gasteiger partial charge in [-0.3, -0.25) is 4.79 Å². The van der Waals surface area contributed by atoms with Crippen molar-refractivity contribution in [1.82, 2.24) is 4.90 Å². The summed E-state index contributed by atoms with van der Waals surface area (Å²) in [4.78, 5) is 26.5. The molecule has 0 aromatic heterocycles. The Morgan fingerprint density at radius 3 is 2.43 bits per heavy atom. The third-order valence-electron chi connectivity index (χ3n) is 3.79. The van der Waals surface area contributed by atoms with Crippen LogP contribution in [0.4, 0.5) is 0 Å². The third kappa shape index (κ3) is 2.99. The highest BCUT2D eigenvalue weighted by Crippen LogP contribution is 2.34. The molecule has 0 fully saturated rings. The molecule has 1 amide bonds. The molecule has 5 heteroatoms. The number of esters is 1. The molecule has 23 heavy (non-hydrogen) atoms. The summed E-state index contributed by atoms with van der Waals surface area (Å²) < 4.78 is 10.2. The van der Waals surface area contributed by atoms with E-state index in [-0.39, 0.29) is 11.9 Å². The highest BCUT2D eigenvalue weighted by atomic mass is 16.5. The Hall–Kier alpha value is -2.56. The molecule has 0 spiro atoms. The molecule has 0 radical (unpaired) electrons. The van der Waals surface area contributed by atoms with Crippen LogP contribution in [0, 0.1) is 0 Å². The van der Waals surface area contributed by atoms with E-state index < -0.39 is 5.97 Å². The number of ether oxygens (including phenoxy) is 2. The lowest BCUT2D eigenvalue weighted by molar-refractivity contribution is -0.136. The van der Waals surface area contributed by atoms with Gasteiger partial charge in [0.25, 0.3) is 5.91 Å². The molecule has 122 valence electrons. The summed E-state index contributed by atoms with van der Waals surface area (Å²) in [6, 6.07) is 7.29. The van der Waals surface area contributed by atoms with E-state index in [0.29, 0.717) is 22.6 Å². The Labute approximate surface area is 136 Å². The van der Waals surface area contributed by atoms with Crippen LogP contribution in [0.2, 0.25) is 0 Å². The van der Waals surface area contributed by atoms with Gasteiger partial charge in [0.05, 0.1) is 25.4 Å². The highest BCUT2D eigenvalue weighted by Gasteiger charge is 2.38. The Bertz CT molecular complexity index is 701. The van der Waals surface area contributed by atoms with Gasteiger partial charge in [-0.05, 0) is 32.9 Å². The Kier molecular flexibility index (Phi) is 4.89. The van der Waals surface area contributed by atoms with Crippen molar-refractivity contribution in [2.75, 3.05) is 14.2 Å². The van der Waals surface area contributed by atoms with Crippen LogP contribution in [-0.4, -0.2) is 37.0 Å². The molecule has 0 bridgehead atoms. The molecular weight excluding hydrogens is 294 g/mol. The summed E-state index contributed by atoms with van der Waals surface area (Å²) in [7, 11) is 2.88. The second-order valence-electron chi connectivity index (χ2n) is 5.52. The summed E-state index contributed by atoms with van der Waals surface area (Å²) in [5.74, 6) is -0.0818. The van der Waals surface area contributed by atoms with Gasteiger partial charge in [-0.15, -0.1) is 0 Å². The third-order valence-corrected chi connectivity index (χ3v) is 3.79.